The first-order valence-electron chi connectivity index (χ1n) is 27.8. The summed E-state index contributed by atoms with van der Waals surface area (Å²) in [7, 11) is 0. The molecule has 440 valence electrons. The molecule has 2 fully saturated rings. The lowest BCUT2D eigenvalue weighted by Crippen LogP contribution is -2.44. The Kier molecular flexibility index (Phi) is 16.2. The second-order valence-corrected chi connectivity index (χ2v) is 21.1. The quantitative estimate of drug-likeness (QED) is 0.0522. The number of aliphatic hydroxyl groups excluding tert-OH is 6. The number of carbonyl (C=O) groups is 3. The van der Waals surface area contributed by atoms with Crippen molar-refractivity contribution in [3.63, 3.8) is 0 Å². The molecule has 2 aliphatic carbocycles. The van der Waals surface area contributed by atoms with Gasteiger partial charge in [0, 0.05) is 24.9 Å². The average Bonchev–Trinajstić information content (AvgIpc) is 3.77. The normalized spacial score (nSPS) is 20.2. The van der Waals surface area contributed by atoms with Gasteiger partial charge in [0.25, 0.3) is 11.9 Å². The van der Waals surface area contributed by atoms with Crippen molar-refractivity contribution < 1.29 is 45.0 Å². The maximum Gasteiger partial charge on any atom is 0.323 e. The van der Waals surface area contributed by atoms with Gasteiger partial charge in [-0.05, 0) is 35.1 Å². The van der Waals surface area contributed by atoms with Crippen LogP contribution in [0.15, 0.2) is 159 Å². The van der Waals surface area contributed by atoms with Gasteiger partial charge >= 0.3 is 6.03 Å². The summed E-state index contributed by atoms with van der Waals surface area (Å²) in [5, 5.41) is 90.2. The molecule has 4 unspecified atom stereocenters. The van der Waals surface area contributed by atoms with E-state index in [0.717, 1.165) is 22.3 Å². The number of benzene rings is 4. The van der Waals surface area contributed by atoms with E-state index in [2.05, 4.69) is 52.1 Å². The maximum atomic E-state index is 13.8. The molecular formula is C59H60N18O9. The minimum atomic E-state index is -1.36. The summed E-state index contributed by atoms with van der Waals surface area (Å²) in [5.41, 5.74) is 5.91. The number of hydrogen-bond donors (Lipinski definition) is 12. The van der Waals surface area contributed by atoms with Crippen LogP contribution in [0.2, 0.25) is 0 Å². The average molecular weight is 1170 g/mol. The molecule has 10 aromatic rings. The number of rotatable bonds is 20. The summed E-state index contributed by atoms with van der Waals surface area (Å²) in [6.07, 6.45) is 3.51. The number of anilines is 4. The summed E-state index contributed by atoms with van der Waals surface area (Å²) in [6.45, 7) is -0.848. The van der Waals surface area contributed by atoms with Gasteiger partial charge in [0.2, 0.25) is 11.8 Å². The molecule has 12 rings (SSSR count). The van der Waals surface area contributed by atoms with Crippen LogP contribution in [0.25, 0.3) is 34.2 Å². The lowest BCUT2D eigenvalue weighted by atomic mass is 9.91. The van der Waals surface area contributed by atoms with E-state index in [-0.39, 0.29) is 59.2 Å². The van der Waals surface area contributed by atoms with E-state index in [0.29, 0.717) is 35.8 Å². The lowest BCUT2D eigenvalue weighted by Gasteiger charge is -2.20. The Morgan fingerprint density at radius 1 is 0.500 bits per heavy atom. The number of amides is 4. The molecule has 2 saturated carbocycles. The number of nitrogens with one attached hydrogen (secondary N) is 6. The molecular weight excluding hydrogens is 1100 g/mol. The van der Waals surface area contributed by atoms with Crippen LogP contribution in [0.3, 0.4) is 0 Å². The van der Waals surface area contributed by atoms with Crippen molar-refractivity contribution in [2.75, 3.05) is 47.6 Å². The van der Waals surface area contributed by atoms with Crippen molar-refractivity contribution in [1.29, 1.82) is 0 Å². The molecule has 6 aromatic heterocycles. The number of hydrogen-bond acceptors (Lipinski definition) is 19. The Bertz CT molecular complexity index is 3660. The summed E-state index contributed by atoms with van der Waals surface area (Å²) in [5.74, 6) is -0.900. The zero-order valence-corrected chi connectivity index (χ0v) is 45.8. The largest absolute Gasteiger partial charge is 0.388 e. The monoisotopic (exact) mass is 1160 g/mol. The van der Waals surface area contributed by atoms with Crippen LogP contribution in [0, 0.1) is 0 Å². The first-order chi connectivity index (χ1) is 41.9. The van der Waals surface area contributed by atoms with Gasteiger partial charge in [0.1, 0.15) is 37.6 Å². The molecule has 86 heavy (non-hydrogen) atoms. The fourth-order valence-electron chi connectivity index (χ4n) is 11.4. The van der Waals surface area contributed by atoms with E-state index >= 15 is 0 Å². The molecule has 0 spiro atoms. The van der Waals surface area contributed by atoms with Crippen LogP contribution in [0.4, 0.5) is 27.8 Å². The van der Waals surface area contributed by atoms with Crippen LogP contribution in [0.1, 0.15) is 59.0 Å². The number of urea groups is 1. The molecule has 4 amide bonds. The van der Waals surface area contributed by atoms with E-state index in [1.807, 2.05) is 121 Å². The molecule has 0 aliphatic heterocycles. The van der Waals surface area contributed by atoms with Gasteiger partial charge in [0.15, 0.2) is 34.0 Å². The number of imidazole rings is 2. The molecule has 0 saturated heterocycles. The maximum absolute atomic E-state index is 13.8. The predicted molar refractivity (Wildman–Crippen MR) is 313 cm³/mol. The summed E-state index contributed by atoms with van der Waals surface area (Å²) < 4.78 is 5.93. The van der Waals surface area contributed by atoms with Crippen LogP contribution >= 0.6 is 0 Å². The second-order valence-electron chi connectivity index (χ2n) is 21.1. The zero-order valence-electron chi connectivity index (χ0n) is 45.8. The minimum Gasteiger partial charge on any atom is -0.388 e. The number of aromatic nitrogens is 12. The van der Waals surface area contributed by atoms with Crippen LogP contribution in [0.5, 0.6) is 0 Å². The third-order valence-electron chi connectivity index (χ3n) is 15.7. The van der Waals surface area contributed by atoms with E-state index in [1.165, 1.54) is 46.8 Å². The minimum absolute atomic E-state index is 0.0559. The second kappa shape index (κ2) is 24.7. The van der Waals surface area contributed by atoms with E-state index in [4.69, 9.17) is 19.9 Å². The van der Waals surface area contributed by atoms with Gasteiger partial charge in [0.05, 0.1) is 73.0 Å². The molecule has 4 aromatic carbocycles. The molecule has 12 N–H and O–H groups in total. The van der Waals surface area contributed by atoms with Gasteiger partial charge < -0.3 is 71.7 Å². The first-order valence-corrected chi connectivity index (χ1v) is 27.8. The van der Waals surface area contributed by atoms with E-state index in [1.54, 1.807) is 9.13 Å². The Balaban J connectivity index is 0.816. The Labute approximate surface area is 489 Å². The highest BCUT2D eigenvalue weighted by Crippen LogP contribution is 2.37. The van der Waals surface area contributed by atoms with Gasteiger partial charge in [-0.3, -0.25) is 9.59 Å². The Morgan fingerprint density at radius 3 is 1.21 bits per heavy atom. The Morgan fingerprint density at radius 2 is 0.860 bits per heavy atom. The molecule has 2 aliphatic rings. The number of fused-ring (bicyclic) bond motifs is 2. The number of carbonyl (C=O) groups excluding carboxylic acids is 3. The number of aliphatic hydroxyl groups is 6. The summed E-state index contributed by atoms with van der Waals surface area (Å²) >= 11 is 0. The van der Waals surface area contributed by atoms with Crippen molar-refractivity contribution in [3.05, 3.63) is 181 Å². The van der Waals surface area contributed by atoms with E-state index < -0.39 is 79.6 Å². The van der Waals surface area contributed by atoms with Crippen LogP contribution in [-0.2, 0) is 9.59 Å². The van der Waals surface area contributed by atoms with Gasteiger partial charge in [-0.1, -0.05) is 121 Å². The van der Waals surface area contributed by atoms with Crippen molar-refractivity contribution in [2.45, 2.75) is 73.3 Å². The molecule has 0 bridgehead atoms. The highest BCUT2D eigenvalue weighted by Gasteiger charge is 2.45. The topological polar surface area (TPSA) is 368 Å². The SMILES string of the molecule is O=C(CO)NC1CC(n2cnc3c(NCC(c4ccccc4)c4ccccc4)nc(-n4cc(NC(=O)Nc5cnn(-c6nc(NCC(c7ccccc7)c7ccccc7)c7ncn([C@H]8C[C@@H](NC(=O)CO)[C@H](O)[C@@H]8O)c7n6)c5)cn4)nc32)C(O)C1O. The van der Waals surface area contributed by atoms with Crippen molar-refractivity contribution >= 4 is 63.2 Å². The van der Waals surface area contributed by atoms with Crippen molar-refractivity contribution in [2.24, 2.45) is 0 Å². The fourth-order valence-corrected chi connectivity index (χ4v) is 11.4. The Hall–Kier alpha value is -10.0. The van der Waals surface area contributed by atoms with Gasteiger partial charge in [-0.15, -0.1) is 0 Å². The lowest BCUT2D eigenvalue weighted by molar-refractivity contribution is -0.126. The zero-order chi connectivity index (χ0) is 59.4. The summed E-state index contributed by atoms with van der Waals surface area (Å²) in [6, 6.07) is 35.9. The molecule has 27 heteroatoms. The third kappa shape index (κ3) is 11.6. The van der Waals surface area contributed by atoms with E-state index in [9.17, 15) is 45.0 Å². The van der Waals surface area contributed by atoms with Gasteiger partial charge in [-0.25, -0.2) is 24.1 Å². The third-order valence-corrected chi connectivity index (χ3v) is 15.7. The van der Waals surface area contributed by atoms with Gasteiger partial charge in [-0.2, -0.15) is 30.1 Å². The molecule has 27 nitrogen and oxygen atoms in total. The smallest absolute Gasteiger partial charge is 0.323 e. The van der Waals surface area contributed by atoms with Crippen molar-refractivity contribution in [3.8, 4) is 11.9 Å². The van der Waals surface area contributed by atoms with Crippen LogP contribution < -0.4 is 31.9 Å². The summed E-state index contributed by atoms with van der Waals surface area (Å²) in [4.78, 5) is 66.9. The predicted octanol–water partition coefficient (Wildman–Crippen LogP) is 2.76. The molecule has 6 heterocycles. The fraction of sp³-hybridized carbons (Fsp3) is 0.271. The highest BCUT2D eigenvalue weighted by molar-refractivity contribution is 5.99. The van der Waals surface area contributed by atoms with Crippen LogP contribution in [-0.4, -0.2) is 170 Å². The molecule has 8 atom stereocenters. The van der Waals surface area contributed by atoms with Crippen molar-refractivity contribution in [1.82, 2.24) is 69.2 Å². The first kappa shape index (κ1) is 56.5. The number of nitrogens with zero attached hydrogens (tertiary/aromatic N) is 12. The molecule has 0 radical (unpaired) electrons. The standard InChI is InChI=1S/C59H60N18O9/c78-29-45(80)68-41-21-43(51(84)49(41)82)74-31-62-47-53(60-25-39(33-13-5-1-6-14-33)34-15-7-2-8-16-34)70-57(72-55(47)74)76-27-37(23-64-76)66-59(86)67-38-24-65-77(28-38)58-71-54(61-26-40(35-17-9-3-10-18-35)36-19-11-4-12-20-36)48-56(73-58)75(32-63-48)44-22-42(50(83)52(44)85)69-46(81)30-79/h1-20,23-24,27-28,31-32,39-44,49-52,78-79,82-85H,21-22,25-26,29-30H2,(H,68,80)(H,69,81)(H,60,70,72)(H,61,71,73)(H2,66,67,86)/t41-,42?,43+,44?,49+,50?,51-,52?/m1/s1. The highest BCUT2D eigenvalue weighted by atomic mass is 16.3.